The normalized spacial score (nSPS) is 16.5. The van der Waals surface area contributed by atoms with Gasteiger partial charge in [0.15, 0.2) is 5.84 Å². The Kier molecular flexibility index (Phi) is 3.13. The van der Waals surface area contributed by atoms with Crippen LogP contribution in [0.15, 0.2) is 70.8 Å². The first-order valence-electron chi connectivity index (χ1n) is 7.16. The molecule has 0 aromatic heterocycles. The highest BCUT2D eigenvalue weighted by Gasteiger charge is 2.34. The molecule has 23 heavy (non-hydrogen) atoms. The zero-order valence-corrected chi connectivity index (χ0v) is 12.9. The monoisotopic (exact) mass is 321 g/mol. The molecular weight excluding hydrogens is 310 g/mol. The number of amidine groups is 1. The second-order valence-electron chi connectivity index (χ2n) is 5.27. The lowest BCUT2D eigenvalue weighted by molar-refractivity contribution is -0.115. The Morgan fingerprint density at radius 3 is 2.52 bits per heavy atom. The minimum atomic E-state index is -0.0794. The highest BCUT2D eigenvalue weighted by molar-refractivity contribution is 6.38. The topological polar surface area (TPSA) is 45.0 Å². The fraction of sp³-hybridized carbons (Fsp3) is 0.0556. The molecule has 2 aromatic carbocycles. The van der Waals surface area contributed by atoms with Gasteiger partial charge in [-0.05, 0) is 12.1 Å². The van der Waals surface area contributed by atoms with Crippen molar-refractivity contribution in [1.82, 2.24) is 0 Å². The number of carbonyl (C=O) groups excluding carboxylic acids is 1. The molecule has 0 spiro atoms. The van der Waals surface area contributed by atoms with Gasteiger partial charge in [0.2, 0.25) is 0 Å². The van der Waals surface area contributed by atoms with Crippen LogP contribution < -0.4 is 4.90 Å². The van der Waals surface area contributed by atoms with Crippen LogP contribution in [0.2, 0.25) is 5.02 Å². The maximum absolute atomic E-state index is 12.3. The number of amides is 1. The predicted molar refractivity (Wildman–Crippen MR) is 92.5 cm³/mol. The molecule has 4 rings (SSSR count). The lowest BCUT2D eigenvalue weighted by Gasteiger charge is -2.18. The van der Waals surface area contributed by atoms with E-state index in [0.717, 1.165) is 16.8 Å². The number of hydrogen-bond acceptors (Lipinski definition) is 3. The van der Waals surface area contributed by atoms with Crippen molar-refractivity contribution < 1.29 is 4.79 Å². The Bertz CT molecular complexity index is 914. The van der Waals surface area contributed by atoms with E-state index in [-0.39, 0.29) is 12.5 Å². The summed E-state index contributed by atoms with van der Waals surface area (Å²) in [6.07, 6.45) is 0. The summed E-state index contributed by atoms with van der Waals surface area (Å²) in [7, 11) is 0. The SMILES string of the molecule is C=C1N=C(c2ccccc2Cl)c2ccccc2N2C(=O)CN=C12. The van der Waals surface area contributed by atoms with Crippen LogP contribution in [0.25, 0.3) is 0 Å². The van der Waals surface area contributed by atoms with E-state index in [9.17, 15) is 4.79 Å². The van der Waals surface area contributed by atoms with Crippen LogP contribution in [-0.4, -0.2) is 24.0 Å². The lowest BCUT2D eigenvalue weighted by atomic mass is 10.00. The van der Waals surface area contributed by atoms with E-state index in [2.05, 4.69) is 16.6 Å². The Morgan fingerprint density at radius 2 is 1.74 bits per heavy atom. The number of hydrogen-bond donors (Lipinski definition) is 0. The predicted octanol–water partition coefficient (Wildman–Crippen LogP) is 3.45. The van der Waals surface area contributed by atoms with Gasteiger partial charge in [-0.3, -0.25) is 14.7 Å². The molecule has 2 aliphatic rings. The van der Waals surface area contributed by atoms with Crippen molar-refractivity contribution in [3.8, 4) is 0 Å². The molecule has 5 heteroatoms. The molecule has 0 unspecified atom stereocenters. The molecule has 2 aromatic rings. The Balaban J connectivity index is 2.02. The minimum absolute atomic E-state index is 0.0794. The van der Waals surface area contributed by atoms with Gasteiger partial charge in [0.05, 0.1) is 17.1 Å². The standard InChI is InChI=1S/C18H12ClN3O/c1-11-18-20-10-16(23)22(18)15-9-5-3-7-13(15)17(21-11)12-6-2-4-8-14(12)19/h2-9H,1,10H2. The van der Waals surface area contributed by atoms with E-state index in [1.165, 1.54) is 0 Å². The average molecular weight is 322 g/mol. The molecule has 0 fully saturated rings. The van der Waals surface area contributed by atoms with Crippen LogP contribution in [0.4, 0.5) is 5.69 Å². The summed E-state index contributed by atoms with van der Waals surface area (Å²) in [5, 5.41) is 0.601. The molecule has 0 saturated carbocycles. The first kappa shape index (κ1) is 13.9. The van der Waals surface area contributed by atoms with Crippen molar-refractivity contribution in [3.05, 3.63) is 77.0 Å². The summed E-state index contributed by atoms with van der Waals surface area (Å²) in [5.41, 5.74) is 3.55. The van der Waals surface area contributed by atoms with Crippen molar-refractivity contribution in [2.75, 3.05) is 11.4 Å². The lowest BCUT2D eigenvalue weighted by Crippen LogP contribution is -2.33. The molecule has 0 atom stereocenters. The molecule has 2 aliphatic heterocycles. The molecule has 0 bridgehead atoms. The second kappa shape index (κ2) is 5.18. The van der Waals surface area contributed by atoms with E-state index < -0.39 is 0 Å². The molecule has 0 radical (unpaired) electrons. The van der Waals surface area contributed by atoms with Crippen molar-refractivity contribution in [2.24, 2.45) is 9.98 Å². The fourth-order valence-corrected chi connectivity index (χ4v) is 3.07. The van der Waals surface area contributed by atoms with Gasteiger partial charge in [-0.2, -0.15) is 0 Å². The van der Waals surface area contributed by atoms with Gasteiger partial charge < -0.3 is 0 Å². The third-order valence-electron chi connectivity index (χ3n) is 3.86. The van der Waals surface area contributed by atoms with Crippen LogP contribution in [-0.2, 0) is 4.79 Å². The number of fused-ring (bicyclic) bond motifs is 3. The first-order chi connectivity index (χ1) is 11.2. The van der Waals surface area contributed by atoms with Crippen LogP contribution in [0.5, 0.6) is 0 Å². The molecule has 4 nitrogen and oxygen atoms in total. The summed E-state index contributed by atoms with van der Waals surface area (Å²) in [6, 6.07) is 15.1. The number of rotatable bonds is 1. The molecule has 2 heterocycles. The maximum atomic E-state index is 12.3. The molecule has 0 saturated heterocycles. The fourth-order valence-electron chi connectivity index (χ4n) is 2.84. The number of halogens is 1. The summed E-state index contributed by atoms with van der Waals surface area (Å²) < 4.78 is 0. The summed E-state index contributed by atoms with van der Waals surface area (Å²) in [4.78, 5) is 22.8. The van der Waals surface area contributed by atoms with Crippen molar-refractivity contribution in [2.45, 2.75) is 0 Å². The molecular formula is C18H12ClN3O. The number of anilines is 1. The Labute approximate surface area is 138 Å². The van der Waals surface area contributed by atoms with Gasteiger partial charge in [0.25, 0.3) is 5.91 Å². The number of aliphatic imine (C=N–C) groups is 2. The van der Waals surface area contributed by atoms with E-state index in [1.807, 2.05) is 48.5 Å². The van der Waals surface area contributed by atoms with E-state index in [1.54, 1.807) is 4.90 Å². The number of nitrogens with zero attached hydrogens (tertiary/aromatic N) is 3. The molecule has 0 aliphatic carbocycles. The van der Waals surface area contributed by atoms with Crippen LogP contribution in [0.1, 0.15) is 11.1 Å². The van der Waals surface area contributed by atoms with E-state index in [4.69, 9.17) is 11.6 Å². The molecule has 112 valence electrons. The largest absolute Gasteiger partial charge is 0.272 e. The zero-order chi connectivity index (χ0) is 16.0. The van der Waals surface area contributed by atoms with Crippen molar-refractivity contribution >= 4 is 34.7 Å². The quantitative estimate of drug-likeness (QED) is 0.793. The van der Waals surface area contributed by atoms with Gasteiger partial charge in [0, 0.05) is 16.1 Å². The van der Waals surface area contributed by atoms with Crippen LogP contribution in [0.3, 0.4) is 0 Å². The third kappa shape index (κ3) is 2.11. The maximum Gasteiger partial charge on any atom is 0.254 e. The summed E-state index contributed by atoms with van der Waals surface area (Å²) in [5.74, 6) is 0.425. The summed E-state index contributed by atoms with van der Waals surface area (Å²) >= 11 is 6.35. The highest BCUT2D eigenvalue weighted by atomic mass is 35.5. The Hall–Kier alpha value is -2.72. The van der Waals surface area contributed by atoms with Crippen molar-refractivity contribution in [1.29, 1.82) is 0 Å². The Morgan fingerprint density at radius 1 is 1.04 bits per heavy atom. The van der Waals surface area contributed by atoms with Gasteiger partial charge in [-0.15, -0.1) is 0 Å². The first-order valence-corrected chi connectivity index (χ1v) is 7.54. The summed E-state index contributed by atoms with van der Waals surface area (Å²) in [6.45, 7) is 4.11. The molecule has 1 amide bonds. The number of para-hydroxylation sites is 1. The van der Waals surface area contributed by atoms with Crippen molar-refractivity contribution in [3.63, 3.8) is 0 Å². The van der Waals surface area contributed by atoms with E-state index in [0.29, 0.717) is 22.3 Å². The zero-order valence-electron chi connectivity index (χ0n) is 12.2. The number of carbonyl (C=O) groups is 1. The van der Waals surface area contributed by atoms with Gasteiger partial charge in [0.1, 0.15) is 6.54 Å². The average Bonchev–Trinajstić information content (AvgIpc) is 2.89. The third-order valence-corrected chi connectivity index (χ3v) is 4.19. The van der Waals surface area contributed by atoms with Gasteiger partial charge in [-0.25, -0.2) is 4.99 Å². The molecule has 0 N–H and O–H groups in total. The minimum Gasteiger partial charge on any atom is -0.272 e. The highest BCUT2D eigenvalue weighted by Crippen LogP contribution is 2.33. The van der Waals surface area contributed by atoms with E-state index >= 15 is 0 Å². The van der Waals surface area contributed by atoms with Crippen LogP contribution in [0, 0.1) is 0 Å². The smallest absolute Gasteiger partial charge is 0.254 e. The second-order valence-corrected chi connectivity index (χ2v) is 5.68. The van der Waals surface area contributed by atoms with Gasteiger partial charge in [-0.1, -0.05) is 54.6 Å². The number of benzene rings is 2. The van der Waals surface area contributed by atoms with Crippen LogP contribution >= 0.6 is 11.6 Å². The van der Waals surface area contributed by atoms with Gasteiger partial charge >= 0.3 is 0 Å².